The van der Waals surface area contributed by atoms with Crippen molar-refractivity contribution in [1.29, 1.82) is 0 Å². The fraction of sp³-hybridized carbons (Fsp3) is 0.267. The van der Waals surface area contributed by atoms with Crippen molar-refractivity contribution in [2.75, 3.05) is 13.1 Å². The van der Waals surface area contributed by atoms with Crippen LogP contribution in [0.5, 0.6) is 0 Å². The van der Waals surface area contributed by atoms with Gasteiger partial charge in [0.15, 0.2) is 0 Å². The molecule has 0 N–H and O–H groups in total. The quantitative estimate of drug-likeness (QED) is 0.289. The molecule has 0 aliphatic rings. The molecule has 0 saturated heterocycles. The molecule has 2 amide bonds. The second-order valence-electron chi connectivity index (χ2n) is 8.88. The van der Waals surface area contributed by atoms with E-state index in [4.69, 9.17) is 4.42 Å². The van der Waals surface area contributed by atoms with Gasteiger partial charge in [0.25, 0.3) is 5.91 Å². The molecular weight excluding hydrogens is 436 g/mol. The molecule has 4 rings (SSSR count). The molecule has 0 saturated carbocycles. The number of carbonyl (C=O) groups excluding carboxylic acids is 2. The number of amides is 2. The van der Waals surface area contributed by atoms with Crippen LogP contribution in [-0.2, 0) is 17.8 Å². The van der Waals surface area contributed by atoms with Crippen molar-refractivity contribution in [1.82, 2.24) is 9.80 Å². The normalized spacial score (nSPS) is 11.8. The standard InChI is InChI=1S/C30H32N2O3/c1-3-23(2)32(30(34)27-16-15-25-12-7-8-13-26(25)20-27)22-29(33)31(21-28-14-9-19-35-28)18-17-24-10-5-4-6-11-24/h4-16,19-20,23H,3,17-18,21-22H2,1-2H3. The Hall–Kier alpha value is -3.86. The van der Waals surface area contributed by atoms with Crippen LogP contribution in [0.2, 0.25) is 0 Å². The van der Waals surface area contributed by atoms with E-state index in [9.17, 15) is 9.59 Å². The van der Waals surface area contributed by atoms with Crippen LogP contribution in [0.25, 0.3) is 10.8 Å². The molecule has 4 aromatic rings. The molecule has 0 fully saturated rings. The minimum Gasteiger partial charge on any atom is -0.467 e. The maximum atomic E-state index is 13.6. The molecule has 1 atom stereocenters. The fourth-order valence-corrected chi connectivity index (χ4v) is 4.17. The summed E-state index contributed by atoms with van der Waals surface area (Å²) in [5.74, 6) is 0.508. The Morgan fingerprint density at radius 3 is 2.34 bits per heavy atom. The predicted octanol–water partition coefficient (Wildman–Crippen LogP) is 5.95. The number of fused-ring (bicyclic) bond motifs is 1. The van der Waals surface area contributed by atoms with Crippen LogP contribution in [0.15, 0.2) is 95.6 Å². The highest BCUT2D eigenvalue weighted by molar-refractivity contribution is 6.00. The van der Waals surface area contributed by atoms with Gasteiger partial charge in [0, 0.05) is 18.2 Å². The molecule has 3 aromatic carbocycles. The number of carbonyl (C=O) groups is 2. The second kappa shape index (κ2) is 11.5. The summed E-state index contributed by atoms with van der Waals surface area (Å²) >= 11 is 0. The zero-order valence-corrected chi connectivity index (χ0v) is 20.4. The first-order valence-electron chi connectivity index (χ1n) is 12.2. The predicted molar refractivity (Wildman–Crippen MR) is 139 cm³/mol. The van der Waals surface area contributed by atoms with Gasteiger partial charge >= 0.3 is 0 Å². The van der Waals surface area contributed by atoms with E-state index in [2.05, 4.69) is 12.1 Å². The summed E-state index contributed by atoms with van der Waals surface area (Å²) in [5.41, 5.74) is 1.76. The van der Waals surface area contributed by atoms with Gasteiger partial charge in [0.05, 0.1) is 12.8 Å². The number of hydrogen-bond donors (Lipinski definition) is 0. The highest BCUT2D eigenvalue weighted by Crippen LogP contribution is 2.19. The molecule has 0 spiro atoms. The summed E-state index contributed by atoms with van der Waals surface area (Å²) in [7, 11) is 0. The largest absolute Gasteiger partial charge is 0.467 e. The lowest BCUT2D eigenvalue weighted by Gasteiger charge is -2.31. The van der Waals surface area contributed by atoms with Gasteiger partial charge in [0.2, 0.25) is 5.91 Å². The van der Waals surface area contributed by atoms with E-state index < -0.39 is 0 Å². The molecule has 0 aliphatic carbocycles. The number of benzene rings is 3. The lowest BCUT2D eigenvalue weighted by Crippen LogP contribution is -2.46. The van der Waals surface area contributed by atoms with Crippen LogP contribution >= 0.6 is 0 Å². The Bertz CT molecular complexity index is 1250. The van der Waals surface area contributed by atoms with Crippen LogP contribution in [0.4, 0.5) is 0 Å². The monoisotopic (exact) mass is 468 g/mol. The van der Waals surface area contributed by atoms with Crippen LogP contribution in [-0.4, -0.2) is 40.7 Å². The Morgan fingerprint density at radius 1 is 0.886 bits per heavy atom. The van der Waals surface area contributed by atoms with Crippen molar-refractivity contribution >= 4 is 22.6 Å². The van der Waals surface area contributed by atoms with Gasteiger partial charge in [0.1, 0.15) is 12.3 Å². The molecule has 0 aliphatic heterocycles. The Balaban J connectivity index is 1.54. The van der Waals surface area contributed by atoms with Crippen molar-refractivity contribution in [2.45, 2.75) is 39.3 Å². The Labute approximate surface area is 207 Å². The van der Waals surface area contributed by atoms with Crippen molar-refractivity contribution in [3.8, 4) is 0 Å². The molecule has 0 bridgehead atoms. The summed E-state index contributed by atoms with van der Waals surface area (Å²) in [6, 6.07) is 27.4. The highest BCUT2D eigenvalue weighted by atomic mass is 16.3. The van der Waals surface area contributed by atoms with Crippen LogP contribution < -0.4 is 0 Å². The molecule has 180 valence electrons. The number of hydrogen-bond acceptors (Lipinski definition) is 3. The molecule has 1 aromatic heterocycles. The van der Waals surface area contributed by atoms with E-state index in [1.54, 1.807) is 16.1 Å². The molecule has 35 heavy (non-hydrogen) atoms. The third-order valence-corrected chi connectivity index (χ3v) is 6.48. The molecule has 5 nitrogen and oxygen atoms in total. The molecule has 5 heteroatoms. The third-order valence-electron chi connectivity index (χ3n) is 6.48. The lowest BCUT2D eigenvalue weighted by molar-refractivity contribution is -0.133. The van der Waals surface area contributed by atoms with Crippen LogP contribution in [0.1, 0.15) is 41.9 Å². The zero-order valence-electron chi connectivity index (χ0n) is 20.4. The smallest absolute Gasteiger partial charge is 0.254 e. The van der Waals surface area contributed by atoms with Gasteiger partial charge in [-0.2, -0.15) is 0 Å². The highest BCUT2D eigenvalue weighted by Gasteiger charge is 2.26. The minimum atomic E-state index is -0.125. The zero-order chi connectivity index (χ0) is 24.6. The van der Waals surface area contributed by atoms with E-state index in [0.717, 1.165) is 34.9 Å². The first kappa shape index (κ1) is 24.3. The van der Waals surface area contributed by atoms with E-state index in [-0.39, 0.29) is 24.4 Å². The average molecular weight is 469 g/mol. The van der Waals surface area contributed by atoms with Gasteiger partial charge in [-0.1, -0.05) is 67.6 Å². The molecule has 1 unspecified atom stereocenters. The van der Waals surface area contributed by atoms with Gasteiger partial charge in [-0.15, -0.1) is 0 Å². The maximum Gasteiger partial charge on any atom is 0.254 e. The van der Waals surface area contributed by atoms with Gasteiger partial charge in [-0.05, 0) is 60.4 Å². The van der Waals surface area contributed by atoms with Crippen LogP contribution in [0.3, 0.4) is 0 Å². The van der Waals surface area contributed by atoms with Crippen LogP contribution in [0, 0.1) is 0 Å². The summed E-state index contributed by atoms with van der Waals surface area (Å²) in [4.78, 5) is 30.6. The van der Waals surface area contributed by atoms with Crippen molar-refractivity contribution in [3.63, 3.8) is 0 Å². The minimum absolute atomic E-state index is 0.0240. The molecular formula is C30H32N2O3. The summed E-state index contributed by atoms with van der Waals surface area (Å²) in [6.45, 7) is 4.97. The van der Waals surface area contributed by atoms with Crippen molar-refractivity contribution < 1.29 is 14.0 Å². The first-order valence-corrected chi connectivity index (χ1v) is 12.2. The third kappa shape index (κ3) is 6.18. The van der Waals surface area contributed by atoms with Crippen molar-refractivity contribution in [3.05, 3.63) is 108 Å². The van der Waals surface area contributed by atoms with E-state index in [0.29, 0.717) is 18.7 Å². The van der Waals surface area contributed by atoms with E-state index in [1.165, 1.54) is 0 Å². The number of furan rings is 1. The van der Waals surface area contributed by atoms with Crippen molar-refractivity contribution in [2.24, 2.45) is 0 Å². The Morgan fingerprint density at radius 2 is 1.63 bits per heavy atom. The summed E-state index contributed by atoms with van der Waals surface area (Å²) in [6.07, 6.45) is 3.11. The van der Waals surface area contributed by atoms with E-state index in [1.807, 2.05) is 86.6 Å². The fourth-order valence-electron chi connectivity index (χ4n) is 4.17. The summed E-state index contributed by atoms with van der Waals surface area (Å²) < 4.78 is 5.52. The first-order chi connectivity index (χ1) is 17.0. The Kier molecular flexibility index (Phi) is 7.99. The lowest BCUT2D eigenvalue weighted by atomic mass is 10.1. The number of nitrogens with zero attached hydrogens (tertiary/aromatic N) is 2. The molecule has 1 heterocycles. The topological polar surface area (TPSA) is 53.8 Å². The van der Waals surface area contributed by atoms with Gasteiger partial charge in [-0.25, -0.2) is 0 Å². The second-order valence-corrected chi connectivity index (χ2v) is 8.88. The van der Waals surface area contributed by atoms with Gasteiger partial charge in [-0.3, -0.25) is 9.59 Å². The summed E-state index contributed by atoms with van der Waals surface area (Å²) in [5, 5.41) is 2.09. The number of rotatable bonds is 10. The SMILES string of the molecule is CCC(C)N(CC(=O)N(CCc1ccccc1)Cc1ccco1)C(=O)c1ccc2ccccc2c1. The van der Waals surface area contributed by atoms with Gasteiger partial charge < -0.3 is 14.2 Å². The van der Waals surface area contributed by atoms with E-state index >= 15 is 0 Å². The average Bonchev–Trinajstić information content (AvgIpc) is 3.42. The maximum absolute atomic E-state index is 13.6. The molecule has 0 radical (unpaired) electrons.